The number of methoxy groups -OCH3 is 2. The van der Waals surface area contributed by atoms with Gasteiger partial charge in [0, 0.05) is 6.04 Å². The minimum absolute atomic E-state index is 0.102. The number of aliphatic hydroxyl groups is 1. The molecular weight excluding hydrogens is 324 g/mol. The third kappa shape index (κ3) is 5.35. The third-order valence-electron chi connectivity index (χ3n) is 4.46. The molecule has 2 unspecified atom stereocenters. The average molecular weight is 350 g/mol. The molecule has 1 fully saturated rings. The van der Waals surface area contributed by atoms with Crippen molar-refractivity contribution in [2.45, 2.75) is 50.3 Å². The first-order valence-corrected chi connectivity index (χ1v) is 8.52. The summed E-state index contributed by atoms with van der Waals surface area (Å²) < 4.78 is 9.80. The van der Waals surface area contributed by atoms with E-state index >= 15 is 0 Å². The number of hydrogen-bond acceptors (Lipinski definition) is 5. The molecule has 25 heavy (non-hydrogen) atoms. The van der Waals surface area contributed by atoms with Crippen molar-refractivity contribution in [1.29, 1.82) is 0 Å². The average Bonchev–Trinajstić information content (AvgIpc) is 2.66. The number of ether oxygens (including phenoxy) is 2. The lowest BCUT2D eigenvalue weighted by Gasteiger charge is -2.26. The highest BCUT2D eigenvalue weighted by atomic mass is 16.5. The molecule has 7 heteroatoms. The summed E-state index contributed by atoms with van der Waals surface area (Å²) in [7, 11) is 2.76. The number of carbonyl (C=O) groups is 2. The topological polar surface area (TPSA) is 96.9 Å². The van der Waals surface area contributed by atoms with Crippen molar-refractivity contribution in [2.24, 2.45) is 0 Å². The van der Waals surface area contributed by atoms with E-state index in [-0.39, 0.29) is 6.04 Å². The number of rotatable bonds is 6. The molecule has 0 aromatic heterocycles. The second-order valence-electron chi connectivity index (χ2n) is 6.17. The van der Waals surface area contributed by atoms with E-state index in [4.69, 9.17) is 9.47 Å². The highest BCUT2D eigenvalue weighted by Crippen LogP contribution is 2.21. The van der Waals surface area contributed by atoms with Crippen molar-refractivity contribution < 1.29 is 24.2 Å². The van der Waals surface area contributed by atoms with Gasteiger partial charge in [-0.15, -0.1) is 0 Å². The van der Waals surface area contributed by atoms with Crippen molar-refractivity contribution in [2.75, 3.05) is 14.2 Å². The zero-order valence-corrected chi connectivity index (χ0v) is 14.7. The van der Waals surface area contributed by atoms with E-state index in [1.165, 1.54) is 13.5 Å². The van der Waals surface area contributed by atoms with Crippen LogP contribution in [0.3, 0.4) is 0 Å². The van der Waals surface area contributed by atoms with Crippen LogP contribution < -0.4 is 15.4 Å². The van der Waals surface area contributed by atoms with Gasteiger partial charge in [0.1, 0.15) is 11.9 Å². The van der Waals surface area contributed by atoms with Gasteiger partial charge in [-0.2, -0.15) is 0 Å². The Hall–Kier alpha value is -2.28. The van der Waals surface area contributed by atoms with Crippen LogP contribution >= 0.6 is 0 Å². The first kappa shape index (κ1) is 19.1. The van der Waals surface area contributed by atoms with E-state index in [0.29, 0.717) is 11.3 Å². The van der Waals surface area contributed by atoms with Crippen LogP contribution in [0, 0.1) is 0 Å². The largest absolute Gasteiger partial charge is 0.497 e. The summed E-state index contributed by atoms with van der Waals surface area (Å²) in [4.78, 5) is 24.2. The van der Waals surface area contributed by atoms with E-state index in [1.54, 1.807) is 31.4 Å². The molecule has 1 aromatic rings. The summed E-state index contributed by atoms with van der Waals surface area (Å²) in [6.07, 6.45) is 3.98. The van der Waals surface area contributed by atoms with Gasteiger partial charge in [0.15, 0.2) is 6.04 Å². The Morgan fingerprint density at radius 3 is 2.32 bits per heavy atom. The van der Waals surface area contributed by atoms with Gasteiger partial charge in [-0.3, -0.25) is 0 Å². The summed E-state index contributed by atoms with van der Waals surface area (Å²) in [5.41, 5.74) is 0.481. The van der Waals surface area contributed by atoms with Crippen LogP contribution in [-0.2, 0) is 9.53 Å². The number of urea groups is 1. The van der Waals surface area contributed by atoms with Gasteiger partial charge in [-0.1, -0.05) is 31.4 Å². The van der Waals surface area contributed by atoms with E-state index in [1.807, 2.05) is 0 Å². The smallest absolute Gasteiger partial charge is 0.331 e. The molecule has 7 nitrogen and oxygen atoms in total. The zero-order chi connectivity index (χ0) is 18.2. The van der Waals surface area contributed by atoms with Crippen LogP contribution in [0.15, 0.2) is 24.3 Å². The number of hydrogen-bond donors (Lipinski definition) is 3. The Kier molecular flexibility index (Phi) is 7.06. The van der Waals surface area contributed by atoms with Crippen molar-refractivity contribution >= 4 is 12.0 Å². The van der Waals surface area contributed by atoms with Crippen molar-refractivity contribution in [3.05, 3.63) is 29.8 Å². The zero-order valence-electron chi connectivity index (χ0n) is 14.7. The molecule has 1 aliphatic rings. The van der Waals surface area contributed by atoms with E-state index in [0.717, 1.165) is 25.7 Å². The second-order valence-corrected chi connectivity index (χ2v) is 6.17. The molecule has 1 aliphatic carbocycles. The fraction of sp³-hybridized carbons (Fsp3) is 0.556. The summed E-state index contributed by atoms with van der Waals surface area (Å²) in [5.74, 6) is -0.0734. The molecule has 0 spiro atoms. The Bertz CT molecular complexity index is 569. The van der Waals surface area contributed by atoms with Crippen LogP contribution in [0.5, 0.6) is 5.75 Å². The van der Waals surface area contributed by atoms with Crippen molar-refractivity contribution in [3.8, 4) is 5.75 Å². The maximum Gasteiger partial charge on any atom is 0.331 e. The minimum atomic E-state index is -1.23. The van der Waals surface area contributed by atoms with Gasteiger partial charge in [-0.25, -0.2) is 9.59 Å². The number of benzene rings is 1. The second kappa shape index (κ2) is 9.27. The molecule has 0 heterocycles. The van der Waals surface area contributed by atoms with Crippen molar-refractivity contribution in [1.82, 2.24) is 10.6 Å². The van der Waals surface area contributed by atoms with Gasteiger partial charge in [-0.05, 0) is 30.5 Å². The number of nitrogens with one attached hydrogen (secondary N) is 2. The molecule has 3 N–H and O–H groups in total. The summed E-state index contributed by atoms with van der Waals surface area (Å²) in [5, 5.41) is 15.9. The Morgan fingerprint density at radius 1 is 1.12 bits per heavy atom. The fourth-order valence-electron chi connectivity index (χ4n) is 3.00. The standard InChI is InChI=1S/C18H26N2O5/c1-24-14-10-8-12(9-11-14)16(21)15(17(22)25-2)20-18(23)19-13-6-4-3-5-7-13/h8-11,13,15-16,21H,3-7H2,1-2H3,(H2,19,20,23). The Balaban J connectivity index is 2.03. The molecule has 138 valence electrons. The Labute approximate surface area is 147 Å². The molecule has 2 atom stereocenters. The highest BCUT2D eigenvalue weighted by molar-refractivity contribution is 5.84. The number of amides is 2. The molecule has 0 bridgehead atoms. The fourth-order valence-corrected chi connectivity index (χ4v) is 3.00. The highest BCUT2D eigenvalue weighted by Gasteiger charge is 2.31. The van der Waals surface area contributed by atoms with Crippen LogP contribution in [0.25, 0.3) is 0 Å². The van der Waals surface area contributed by atoms with E-state index in [9.17, 15) is 14.7 Å². The normalized spacial score (nSPS) is 17.2. The lowest BCUT2D eigenvalue weighted by atomic mass is 9.96. The van der Waals surface area contributed by atoms with Crippen LogP contribution in [0.2, 0.25) is 0 Å². The van der Waals surface area contributed by atoms with E-state index in [2.05, 4.69) is 10.6 Å². The third-order valence-corrected chi connectivity index (χ3v) is 4.46. The summed E-state index contributed by atoms with van der Waals surface area (Å²) in [6, 6.07) is 5.06. The first-order chi connectivity index (χ1) is 12.0. The molecule has 1 aromatic carbocycles. The van der Waals surface area contributed by atoms with Gasteiger partial charge in [0.25, 0.3) is 0 Å². The van der Waals surface area contributed by atoms with Gasteiger partial charge < -0.3 is 25.2 Å². The molecule has 2 rings (SSSR count). The minimum Gasteiger partial charge on any atom is -0.497 e. The molecule has 1 saturated carbocycles. The molecule has 0 radical (unpaired) electrons. The van der Waals surface area contributed by atoms with Crippen LogP contribution in [-0.4, -0.2) is 43.4 Å². The lowest BCUT2D eigenvalue weighted by molar-refractivity contribution is -0.146. The lowest BCUT2D eigenvalue weighted by Crippen LogP contribution is -2.51. The molecule has 0 aliphatic heterocycles. The van der Waals surface area contributed by atoms with Crippen LogP contribution in [0.1, 0.15) is 43.8 Å². The number of carbonyl (C=O) groups excluding carboxylic acids is 2. The predicted molar refractivity (Wildman–Crippen MR) is 92.3 cm³/mol. The molecular formula is C18H26N2O5. The molecule has 2 amide bonds. The summed E-state index contributed by atoms with van der Waals surface area (Å²) >= 11 is 0. The summed E-state index contributed by atoms with van der Waals surface area (Å²) in [6.45, 7) is 0. The van der Waals surface area contributed by atoms with Crippen LogP contribution in [0.4, 0.5) is 4.79 Å². The maximum absolute atomic E-state index is 12.2. The maximum atomic E-state index is 12.2. The van der Waals surface area contributed by atoms with Crippen molar-refractivity contribution in [3.63, 3.8) is 0 Å². The van der Waals surface area contributed by atoms with Gasteiger partial charge in [0.05, 0.1) is 14.2 Å². The van der Waals surface area contributed by atoms with Gasteiger partial charge >= 0.3 is 12.0 Å². The monoisotopic (exact) mass is 350 g/mol. The number of aliphatic hydroxyl groups excluding tert-OH is 1. The predicted octanol–water partition coefficient (Wildman–Crippen LogP) is 1.90. The quantitative estimate of drug-likeness (QED) is 0.681. The van der Waals surface area contributed by atoms with E-state index < -0.39 is 24.1 Å². The molecule has 0 saturated heterocycles. The Morgan fingerprint density at radius 2 is 1.76 bits per heavy atom. The SMILES string of the molecule is COC(=O)C(NC(=O)NC1CCCCC1)C(O)c1ccc(OC)cc1. The first-order valence-electron chi connectivity index (χ1n) is 8.52. The van der Waals surface area contributed by atoms with Gasteiger partial charge in [0.2, 0.25) is 0 Å². The number of esters is 1.